The third kappa shape index (κ3) is 2.73. The number of amides is 2. The number of hydrogen-bond donors (Lipinski definition) is 0. The lowest BCUT2D eigenvalue weighted by atomic mass is 9.94. The third-order valence-corrected chi connectivity index (χ3v) is 5.03. The first-order valence-electron chi connectivity index (χ1n) is 8.07. The number of para-hydroxylation sites is 1. The highest BCUT2D eigenvalue weighted by atomic mass is 79.9. The zero-order valence-corrected chi connectivity index (χ0v) is 15.7. The number of esters is 1. The third-order valence-electron chi connectivity index (χ3n) is 4.50. The first-order chi connectivity index (χ1) is 13.0. The van der Waals surface area contributed by atoms with Gasteiger partial charge in [-0.25, -0.2) is 9.69 Å². The van der Waals surface area contributed by atoms with Gasteiger partial charge in [-0.05, 0) is 24.3 Å². The van der Waals surface area contributed by atoms with Gasteiger partial charge in [-0.1, -0.05) is 45.4 Å². The van der Waals surface area contributed by atoms with Gasteiger partial charge in [0, 0.05) is 10.0 Å². The van der Waals surface area contributed by atoms with Crippen LogP contribution in [0.15, 0.2) is 58.2 Å². The van der Waals surface area contributed by atoms with Crippen molar-refractivity contribution in [3.8, 4) is 0 Å². The molecule has 1 saturated heterocycles. The second kappa shape index (κ2) is 6.62. The van der Waals surface area contributed by atoms with Crippen LogP contribution in [0.2, 0.25) is 0 Å². The first-order valence-corrected chi connectivity index (χ1v) is 8.87. The molecule has 0 saturated carbocycles. The standard InChI is InChI=1S/C19H13BrN2O5/c1-26-19(25)12-4-2-3-5-13(12)22-17(23)14-15(21-27-16(14)18(22)24)10-6-8-11(20)9-7-10/h2-9,14,16H,1H3/t14-,16-/m1/s1. The fourth-order valence-corrected chi connectivity index (χ4v) is 3.49. The molecule has 0 aliphatic carbocycles. The Balaban J connectivity index is 1.73. The average Bonchev–Trinajstić information content (AvgIpc) is 3.22. The maximum absolute atomic E-state index is 13.1. The molecule has 2 atom stereocenters. The van der Waals surface area contributed by atoms with Gasteiger partial charge in [0.25, 0.3) is 5.91 Å². The molecule has 0 unspecified atom stereocenters. The number of halogens is 1. The number of oxime groups is 1. The summed E-state index contributed by atoms with van der Waals surface area (Å²) in [5, 5.41) is 3.96. The zero-order chi connectivity index (χ0) is 19.1. The topological polar surface area (TPSA) is 85.3 Å². The smallest absolute Gasteiger partial charge is 0.339 e. The maximum Gasteiger partial charge on any atom is 0.339 e. The number of hydrogen-bond acceptors (Lipinski definition) is 6. The predicted octanol–water partition coefficient (Wildman–Crippen LogP) is 2.53. The molecule has 8 heteroatoms. The van der Waals surface area contributed by atoms with Gasteiger partial charge in [0.15, 0.2) is 0 Å². The van der Waals surface area contributed by atoms with Gasteiger partial charge < -0.3 is 9.57 Å². The number of imide groups is 1. The lowest BCUT2D eigenvalue weighted by Gasteiger charge is -2.18. The molecule has 2 amide bonds. The van der Waals surface area contributed by atoms with Crippen LogP contribution in [0, 0.1) is 5.92 Å². The minimum absolute atomic E-state index is 0.129. The van der Waals surface area contributed by atoms with Crippen molar-refractivity contribution >= 4 is 45.1 Å². The fourth-order valence-electron chi connectivity index (χ4n) is 3.23. The van der Waals surface area contributed by atoms with E-state index in [2.05, 4.69) is 21.1 Å². The van der Waals surface area contributed by atoms with E-state index in [4.69, 9.17) is 9.57 Å². The van der Waals surface area contributed by atoms with Crippen LogP contribution in [0.1, 0.15) is 15.9 Å². The molecular weight excluding hydrogens is 416 g/mol. The Morgan fingerprint density at radius 2 is 1.81 bits per heavy atom. The van der Waals surface area contributed by atoms with Crippen molar-refractivity contribution in [2.24, 2.45) is 11.1 Å². The molecule has 2 aliphatic rings. The van der Waals surface area contributed by atoms with Gasteiger partial charge >= 0.3 is 5.97 Å². The van der Waals surface area contributed by atoms with Gasteiger partial charge in [0.05, 0.1) is 18.4 Å². The lowest BCUT2D eigenvalue weighted by Crippen LogP contribution is -2.34. The number of fused-ring (bicyclic) bond motifs is 1. The number of nitrogens with zero attached hydrogens (tertiary/aromatic N) is 2. The van der Waals surface area contributed by atoms with Crippen LogP contribution in [0.25, 0.3) is 0 Å². The normalized spacial score (nSPS) is 21.0. The molecule has 1 fully saturated rings. The highest BCUT2D eigenvalue weighted by molar-refractivity contribution is 9.10. The SMILES string of the molecule is COC(=O)c1ccccc1N1C(=O)[C@@H]2C(c3ccc(Br)cc3)=NO[C@H]2C1=O. The summed E-state index contributed by atoms with van der Waals surface area (Å²) in [5.41, 5.74) is 1.38. The van der Waals surface area contributed by atoms with E-state index >= 15 is 0 Å². The lowest BCUT2D eigenvalue weighted by molar-refractivity contribution is -0.126. The van der Waals surface area contributed by atoms with Gasteiger partial charge in [0.1, 0.15) is 11.6 Å². The number of carbonyl (C=O) groups is 3. The molecule has 7 nitrogen and oxygen atoms in total. The summed E-state index contributed by atoms with van der Waals surface area (Å²) in [6.45, 7) is 0. The molecule has 2 aromatic rings. The zero-order valence-electron chi connectivity index (χ0n) is 14.1. The second-order valence-electron chi connectivity index (χ2n) is 6.01. The van der Waals surface area contributed by atoms with Crippen molar-refractivity contribution in [2.75, 3.05) is 12.0 Å². The Kier molecular flexibility index (Phi) is 4.27. The number of ether oxygens (including phenoxy) is 1. The molecule has 2 aliphatic heterocycles. The minimum Gasteiger partial charge on any atom is -0.465 e. The summed E-state index contributed by atoms with van der Waals surface area (Å²) in [6.07, 6.45) is -1.04. The van der Waals surface area contributed by atoms with E-state index in [1.807, 2.05) is 12.1 Å². The van der Waals surface area contributed by atoms with E-state index in [1.54, 1.807) is 24.3 Å². The Bertz CT molecular complexity index is 986. The molecule has 136 valence electrons. The summed E-state index contributed by atoms with van der Waals surface area (Å²) >= 11 is 3.36. The summed E-state index contributed by atoms with van der Waals surface area (Å²) in [5.74, 6) is -2.53. The summed E-state index contributed by atoms with van der Waals surface area (Å²) in [6, 6.07) is 13.5. The maximum atomic E-state index is 13.1. The van der Waals surface area contributed by atoms with E-state index in [9.17, 15) is 14.4 Å². The Morgan fingerprint density at radius 3 is 2.52 bits per heavy atom. The molecule has 0 aromatic heterocycles. The molecular formula is C19H13BrN2O5. The highest BCUT2D eigenvalue weighted by Crippen LogP contribution is 2.36. The van der Waals surface area contributed by atoms with Crippen molar-refractivity contribution in [2.45, 2.75) is 6.10 Å². The molecule has 0 radical (unpaired) electrons. The summed E-state index contributed by atoms with van der Waals surface area (Å²) in [7, 11) is 1.24. The Labute approximate surface area is 162 Å². The minimum atomic E-state index is -1.04. The van der Waals surface area contributed by atoms with E-state index in [1.165, 1.54) is 19.2 Å². The van der Waals surface area contributed by atoms with Crippen LogP contribution in [-0.4, -0.2) is 36.7 Å². The quantitative estimate of drug-likeness (QED) is 0.553. The molecule has 0 bridgehead atoms. The van der Waals surface area contributed by atoms with Crippen LogP contribution in [-0.2, 0) is 19.2 Å². The van der Waals surface area contributed by atoms with Crippen molar-refractivity contribution in [1.29, 1.82) is 0 Å². The van der Waals surface area contributed by atoms with Crippen LogP contribution < -0.4 is 4.90 Å². The largest absolute Gasteiger partial charge is 0.465 e. The number of carbonyl (C=O) groups excluding carboxylic acids is 3. The van der Waals surface area contributed by atoms with Crippen molar-refractivity contribution in [3.63, 3.8) is 0 Å². The number of anilines is 1. The van der Waals surface area contributed by atoms with Gasteiger partial charge in [0.2, 0.25) is 12.0 Å². The van der Waals surface area contributed by atoms with Crippen molar-refractivity contribution in [1.82, 2.24) is 0 Å². The summed E-state index contributed by atoms with van der Waals surface area (Å²) < 4.78 is 5.63. The molecule has 4 rings (SSSR count). The van der Waals surface area contributed by atoms with Gasteiger partial charge in [-0.3, -0.25) is 9.59 Å². The van der Waals surface area contributed by atoms with Crippen molar-refractivity contribution < 1.29 is 24.0 Å². The van der Waals surface area contributed by atoms with Crippen LogP contribution >= 0.6 is 15.9 Å². The number of benzene rings is 2. The fraction of sp³-hybridized carbons (Fsp3) is 0.158. The van der Waals surface area contributed by atoms with E-state index < -0.39 is 29.8 Å². The predicted molar refractivity (Wildman–Crippen MR) is 99.3 cm³/mol. The van der Waals surface area contributed by atoms with Crippen LogP contribution in [0.3, 0.4) is 0 Å². The molecule has 0 N–H and O–H groups in total. The highest BCUT2D eigenvalue weighted by Gasteiger charge is 2.56. The Hall–Kier alpha value is -3.00. The van der Waals surface area contributed by atoms with Crippen molar-refractivity contribution in [3.05, 3.63) is 64.1 Å². The van der Waals surface area contributed by atoms with E-state index in [-0.39, 0.29) is 11.3 Å². The molecule has 0 spiro atoms. The first kappa shape index (κ1) is 17.4. The monoisotopic (exact) mass is 428 g/mol. The number of rotatable bonds is 3. The molecule has 2 heterocycles. The van der Waals surface area contributed by atoms with E-state index in [0.29, 0.717) is 11.3 Å². The second-order valence-corrected chi connectivity index (χ2v) is 6.92. The summed E-state index contributed by atoms with van der Waals surface area (Å²) in [4.78, 5) is 44.2. The van der Waals surface area contributed by atoms with E-state index in [0.717, 1.165) is 9.37 Å². The molecule has 2 aromatic carbocycles. The molecule has 27 heavy (non-hydrogen) atoms. The van der Waals surface area contributed by atoms with Crippen LogP contribution in [0.5, 0.6) is 0 Å². The number of methoxy groups -OCH3 is 1. The average molecular weight is 429 g/mol. The van der Waals surface area contributed by atoms with Gasteiger partial charge in [-0.2, -0.15) is 0 Å². The Morgan fingerprint density at radius 1 is 1.11 bits per heavy atom. The van der Waals surface area contributed by atoms with Crippen LogP contribution in [0.4, 0.5) is 5.69 Å². The van der Waals surface area contributed by atoms with Gasteiger partial charge in [-0.15, -0.1) is 0 Å².